The number of nitro benzene ring substituents is 1. The van der Waals surface area contributed by atoms with Crippen molar-refractivity contribution in [1.29, 1.82) is 5.26 Å². The van der Waals surface area contributed by atoms with Crippen molar-refractivity contribution in [3.05, 3.63) is 50.4 Å². The normalized spacial score (nSPS) is 16.7. The van der Waals surface area contributed by atoms with Gasteiger partial charge in [0.15, 0.2) is 0 Å². The van der Waals surface area contributed by atoms with Gasteiger partial charge in [0.05, 0.1) is 15.4 Å². The smallest absolute Gasteiger partial charge is 0.269 e. The maximum atomic E-state index is 12.6. The molecule has 1 aliphatic rings. The van der Waals surface area contributed by atoms with E-state index in [1.54, 1.807) is 0 Å². The summed E-state index contributed by atoms with van der Waals surface area (Å²) in [6.07, 6.45) is 2.55. The van der Waals surface area contributed by atoms with Gasteiger partial charge in [0.2, 0.25) is 0 Å². The molecule has 1 unspecified atom stereocenters. The minimum absolute atomic E-state index is 0.203. The number of hydrogen-bond acceptors (Lipinski definition) is 6. The van der Waals surface area contributed by atoms with E-state index in [0.29, 0.717) is 11.5 Å². The third-order valence-electron chi connectivity index (χ3n) is 4.19. The zero-order chi connectivity index (χ0) is 18.2. The molecule has 0 bridgehead atoms. The second-order valence-corrected chi connectivity index (χ2v) is 8.82. The van der Waals surface area contributed by atoms with Gasteiger partial charge < -0.3 is 0 Å². The molecule has 1 N–H and O–H groups in total. The zero-order valence-corrected chi connectivity index (χ0v) is 15.0. The van der Waals surface area contributed by atoms with Gasteiger partial charge in [-0.15, -0.1) is 11.3 Å². The van der Waals surface area contributed by atoms with Crippen molar-refractivity contribution in [2.75, 3.05) is 4.72 Å². The molecule has 1 aromatic heterocycles. The summed E-state index contributed by atoms with van der Waals surface area (Å²) < 4.78 is 27.6. The topological polar surface area (TPSA) is 113 Å². The van der Waals surface area contributed by atoms with Crippen LogP contribution in [0.5, 0.6) is 0 Å². The van der Waals surface area contributed by atoms with Crippen LogP contribution in [0.4, 0.5) is 10.7 Å². The number of benzene rings is 1. The lowest BCUT2D eigenvalue weighted by atomic mass is 9.89. The first kappa shape index (κ1) is 17.4. The highest BCUT2D eigenvalue weighted by Gasteiger charge is 2.27. The highest BCUT2D eigenvalue weighted by molar-refractivity contribution is 7.93. The number of anilines is 1. The van der Waals surface area contributed by atoms with Crippen LogP contribution < -0.4 is 4.72 Å². The average Bonchev–Trinajstić information content (AvgIpc) is 2.90. The summed E-state index contributed by atoms with van der Waals surface area (Å²) in [5.74, 6) is 0.499. The fourth-order valence-corrected chi connectivity index (χ4v) is 5.59. The second kappa shape index (κ2) is 6.46. The number of nitrogens with zero attached hydrogens (tertiary/aromatic N) is 2. The summed E-state index contributed by atoms with van der Waals surface area (Å²) in [4.78, 5) is 11.0. The van der Waals surface area contributed by atoms with Crippen molar-refractivity contribution >= 4 is 32.0 Å². The Labute approximate surface area is 149 Å². The van der Waals surface area contributed by atoms with E-state index in [-0.39, 0.29) is 15.6 Å². The molecule has 1 aliphatic carbocycles. The minimum Gasteiger partial charge on any atom is -0.269 e. The highest BCUT2D eigenvalue weighted by atomic mass is 32.2. The van der Waals surface area contributed by atoms with Gasteiger partial charge >= 0.3 is 0 Å². The molecule has 7 nitrogen and oxygen atoms in total. The molecule has 0 amide bonds. The van der Waals surface area contributed by atoms with Crippen molar-refractivity contribution in [3.8, 4) is 6.07 Å². The van der Waals surface area contributed by atoms with E-state index in [1.807, 2.05) is 0 Å². The molecule has 0 spiro atoms. The fourth-order valence-electron chi connectivity index (χ4n) is 2.89. The van der Waals surface area contributed by atoms with Gasteiger partial charge in [-0.2, -0.15) is 5.26 Å². The predicted molar refractivity (Wildman–Crippen MR) is 94.1 cm³/mol. The molecule has 1 heterocycles. The Bertz CT molecular complexity index is 989. The Kier molecular flexibility index (Phi) is 4.49. The minimum atomic E-state index is -4.01. The van der Waals surface area contributed by atoms with E-state index >= 15 is 0 Å². The van der Waals surface area contributed by atoms with Crippen LogP contribution in [0.2, 0.25) is 0 Å². The molecule has 3 rings (SSSR count). The van der Waals surface area contributed by atoms with Crippen LogP contribution in [0.15, 0.2) is 29.2 Å². The first-order valence-electron chi connectivity index (χ1n) is 7.63. The number of sulfonamides is 1. The van der Waals surface area contributed by atoms with E-state index in [4.69, 9.17) is 0 Å². The van der Waals surface area contributed by atoms with Crippen LogP contribution in [-0.4, -0.2) is 13.3 Å². The van der Waals surface area contributed by atoms with Gasteiger partial charge in [-0.05, 0) is 36.8 Å². The predicted octanol–water partition coefficient (Wildman–Crippen LogP) is 3.45. The number of nitrogens with one attached hydrogen (secondary N) is 1. The van der Waals surface area contributed by atoms with Gasteiger partial charge in [0, 0.05) is 17.0 Å². The lowest BCUT2D eigenvalue weighted by Crippen LogP contribution is -2.13. The molecule has 1 aromatic carbocycles. The maximum Gasteiger partial charge on any atom is 0.270 e. The molecule has 0 saturated heterocycles. The molecular weight excluding hydrogens is 362 g/mol. The summed E-state index contributed by atoms with van der Waals surface area (Å²) in [5.41, 5.74) is 0.978. The quantitative estimate of drug-likeness (QED) is 0.647. The van der Waals surface area contributed by atoms with Crippen molar-refractivity contribution in [2.24, 2.45) is 5.92 Å². The highest BCUT2D eigenvalue weighted by Crippen LogP contribution is 2.40. The number of nitro groups is 1. The van der Waals surface area contributed by atoms with Gasteiger partial charge in [0.1, 0.15) is 11.1 Å². The summed E-state index contributed by atoms with van der Waals surface area (Å²) in [7, 11) is -4.01. The van der Waals surface area contributed by atoms with Crippen molar-refractivity contribution in [3.63, 3.8) is 0 Å². The average molecular weight is 377 g/mol. The largest absolute Gasteiger partial charge is 0.270 e. The molecule has 0 radical (unpaired) electrons. The Morgan fingerprint density at radius 3 is 2.88 bits per heavy atom. The molecule has 1 atom stereocenters. The van der Waals surface area contributed by atoms with Crippen LogP contribution in [-0.2, 0) is 22.9 Å². The lowest BCUT2D eigenvalue weighted by molar-refractivity contribution is -0.385. The van der Waals surface area contributed by atoms with E-state index in [0.717, 1.165) is 35.8 Å². The molecule has 0 aliphatic heterocycles. The summed E-state index contributed by atoms with van der Waals surface area (Å²) in [6.45, 7) is 2.13. The van der Waals surface area contributed by atoms with E-state index in [9.17, 15) is 23.8 Å². The zero-order valence-electron chi connectivity index (χ0n) is 13.4. The maximum absolute atomic E-state index is 12.6. The van der Waals surface area contributed by atoms with Crippen molar-refractivity contribution < 1.29 is 13.3 Å². The first-order valence-corrected chi connectivity index (χ1v) is 9.93. The molecule has 2 aromatic rings. The van der Waals surface area contributed by atoms with E-state index < -0.39 is 14.9 Å². The van der Waals surface area contributed by atoms with Gasteiger partial charge in [-0.3, -0.25) is 14.8 Å². The Morgan fingerprint density at radius 2 is 2.20 bits per heavy atom. The lowest BCUT2D eigenvalue weighted by Gasteiger charge is -2.17. The van der Waals surface area contributed by atoms with Crippen molar-refractivity contribution in [1.82, 2.24) is 0 Å². The SMILES string of the molecule is CC1CCc2c(sc(NS(=O)(=O)c3cccc([N+](=O)[O-])c3)c2C#N)C1. The molecule has 0 fully saturated rings. The molecule has 25 heavy (non-hydrogen) atoms. The monoisotopic (exact) mass is 377 g/mol. The van der Waals surface area contributed by atoms with Crippen LogP contribution in [0.1, 0.15) is 29.3 Å². The van der Waals surface area contributed by atoms with Crippen LogP contribution in [0, 0.1) is 27.4 Å². The van der Waals surface area contributed by atoms with Gasteiger partial charge in [0.25, 0.3) is 15.7 Å². The third kappa shape index (κ3) is 3.36. The summed E-state index contributed by atoms with van der Waals surface area (Å²) >= 11 is 1.28. The van der Waals surface area contributed by atoms with Crippen molar-refractivity contribution in [2.45, 2.75) is 31.1 Å². The number of rotatable bonds is 4. The van der Waals surface area contributed by atoms with Gasteiger partial charge in [-0.25, -0.2) is 8.42 Å². The Hall–Kier alpha value is -2.44. The van der Waals surface area contributed by atoms with Crippen LogP contribution in [0.3, 0.4) is 0 Å². The number of fused-ring (bicyclic) bond motifs is 1. The third-order valence-corrected chi connectivity index (χ3v) is 6.84. The number of non-ortho nitro benzene ring substituents is 1. The number of hydrogen-bond donors (Lipinski definition) is 1. The summed E-state index contributed by atoms with van der Waals surface area (Å²) in [6, 6.07) is 6.94. The molecule has 9 heteroatoms. The second-order valence-electron chi connectivity index (χ2n) is 6.03. The Balaban J connectivity index is 1.98. The molecule has 0 saturated carbocycles. The van der Waals surface area contributed by atoms with Crippen LogP contribution in [0.25, 0.3) is 0 Å². The number of nitriles is 1. The summed E-state index contributed by atoms with van der Waals surface area (Å²) in [5, 5.41) is 20.6. The fraction of sp³-hybridized carbons (Fsp3) is 0.312. The molecular formula is C16H15N3O4S2. The van der Waals surface area contributed by atoms with E-state index in [1.165, 1.54) is 29.5 Å². The standard InChI is InChI=1S/C16H15N3O4S2/c1-10-5-6-13-14(9-17)16(24-15(13)7-10)18-25(22,23)12-4-2-3-11(8-12)19(20)21/h2-4,8,10,18H,5-7H2,1H3. The van der Waals surface area contributed by atoms with E-state index in [2.05, 4.69) is 17.7 Å². The molecule has 130 valence electrons. The number of thiophene rings is 1. The van der Waals surface area contributed by atoms with Gasteiger partial charge in [-0.1, -0.05) is 13.0 Å². The van der Waals surface area contributed by atoms with Crippen LogP contribution >= 0.6 is 11.3 Å². The Morgan fingerprint density at radius 1 is 1.44 bits per heavy atom. The first-order chi connectivity index (χ1) is 11.8.